The van der Waals surface area contributed by atoms with Crippen molar-refractivity contribution in [3.05, 3.63) is 16.1 Å². The first-order chi connectivity index (χ1) is 10.2. The Kier molecular flexibility index (Phi) is 6.77. The van der Waals surface area contributed by atoms with E-state index >= 15 is 0 Å². The zero-order valence-corrected chi connectivity index (χ0v) is 18.6. The number of nitrogens with zero attached hydrogens (tertiary/aromatic N) is 1. The molecule has 23 heavy (non-hydrogen) atoms. The van der Waals surface area contributed by atoms with E-state index in [-0.39, 0.29) is 15.8 Å². The van der Waals surface area contributed by atoms with Crippen LogP contribution >= 0.6 is 11.3 Å². The van der Waals surface area contributed by atoms with Crippen molar-refractivity contribution in [1.29, 1.82) is 0 Å². The van der Waals surface area contributed by atoms with E-state index in [1.54, 1.807) is 11.3 Å². The molecule has 0 aliphatic carbocycles. The number of rotatable bonds is 6. The molecule has 1 heterocycles. The minimum absolute atomic E-state index is 0.136. The van der Waals surface area contributed by atoms with Gasteiger partial charge in [-0.15, -0.1) is 11.3 Å². The zero-order chi connectivity index (χ0) is 18.1. The highest BCUT2D eigenvalue weighted by Gasteiger charge is 2.38. The third kappa shape index (κ3) is 6.05. The van der Waals surface area contributed by atoms with E-state index in [4.69, 9.17) is 4.43 Å². The maximum Gasteiger partial charge on any atom is 0.192 e. The van der Waals surface area contributed by atoms with Crippen LogP contribution in [0.3, 0.4) is 0 Å². The first-order valence-electron chi connectivity index (χ1n) is 7.98. The summed E-state index contributed by atoms with van der Waals surface area (Å²) in [4.78, 5) is 4.57. The topological polar surface area (TPSA) is 51.2 Å². The van der Waals surface area contributed by atoms with Gasteiger partial charge in [-0.2, -0.15) is 0 Å². The minimum Gasteiger partial charge on any atom is -0.415 e. The number of thiazole rings is 1. The quantitative estimate of drug-likeness (QED) is 0.740. The summed E-state index contributed by atoms with van der Waals surface area (Å²) in [6.45, 7) is 19.5. The molecular weight excluding hydrogens is 344 g/mol. The standard InChI is InChI=1S/C16H32N2O2S2Si/c1-12-11-21-14(17-12)13(18-22(19)15(2,3)4)10-20-23(8,9)16(5,6)7/h11,13,18H,10H2,1-9H3/t13-,22?/m0/s1. The molecular formula is C16H32N2O2S2Si. The molecule has 1 N–H and O–H groups in total. The van der Waals surface area contributed by atoms with E-state index in [0.29, 0.717) is 6.61 Å². The number of aryl methyl sites for hydroxylation is 1. The molecule has 2 atom stereocenters. The highest BCUT2D eigenvalue weighted by atomic mass is 32.2. The summed E-state index contributed by atoms with van der Waals surface area (Å²) < 4.78 is 21.8. The van der Waals surface area contributed by atoms with Gasteiger partial charge >= 0.3 is 0 Å². The van der Waals surface area contributed by atoms with Crippen LogP contribution in [0.1, 0.15) is 58.3 Å². The highest BCUT2D eigenvalue weighted by molar-refractivity contribution is 7.84. The van der Waals surface area contributed by atoms with Gasteiger partial charge in [0.05, 0.1) is 28.4 Å². The fourth-order valence-corrected chi connectivity index (χ4v) is 4.22. The lowest BCUT2D eigenvalue weighted by atomic mass is 10.2. The molecule has 0 saturated heterocycles. The lowest BCUT2D eigenvalue weighted by Gasteiger charge is -2.37. The lowest BCUT2D eigenvalue weighted by Crippen LogP contribution is -2.44. The molecule has 1 unspecified atom stereocenters. The smallest absolute Gasteiger partial charge is 0.192 e. The molecule has 0 fully saturated rings. The van der Waals surface area contributed by atoms with E-state index in [1.807, 2.05) is 33.1 Å². The van der Waals surface area contributed by atoms with E-state index < -0.39 is 19.3 Å². The normalized spacial score (nSPS) is 16.4. The van der Waals surface area contributed by atoms with Crippen LogP contribution < -0.4 is 4.72 Å². The monoisotopic (exact) mass is 376 g/mol. The van der Waals surface area contributed by atoms with Crippen molar-refractivity contribution in [3.63, 3.8) is 0 Å². The van der Waals surface area contributed by atoms with Crippen LogP contribution in [0.5, 0.6) is 0 Å². The summed E-state index contributed by atoms with van der Waals surface area (Å²) in [5.41, 5.74) is 0.991. The Morgan fingerprint density at radius 1 is 1.30 bits per heavy atom. The summed E-state index contributed by atoms with van der Waals surface area (Å²) in [5.74, 6) is 0. The summed E-state index contributed by atoms with van der Waals surface area (Å²) in [5, 5.41) is 3.12. The summed E-state index contributed by atoms with van der Waals surface area (Å²) >= 11 is 1.60. The molecule has 134 valence electrons. The number of hydrogen-bond acceptors (Lipinski definition) is 4. The second kappa shape index (κ2) is 7.43. The van der Waals surface area contributed by atoms with Crippen LogP contribution in [0, 0.1) is 6.92 Å². The van der Waals surface area contributed by atoms with E-state index in [2.05, 4.69) is 43.6 Å². The van der Waals surface area contributed by atoms with Gasteiger partial charge < -0.3 is 4.43 Å². The predicted octanol–water partition coefficient (Wildman–Crippen LogP) is 4.57. The fraction of sp³-hybridized carbons (Fsp3) is 0.812. The fourth-order valence-electron chi connectivity index (χ4n) is 1.50. The van der Waals surface area contributed by atoms with E-state index in [1.165, 1.54) is 0 Å². The molecule has 0 spiro atoms. The van der Waals surface area contributed by atoms with Gasteiger partial charge in [0.1, 0.15) is 5.01 Å². The van der Waals surface area contributed by atoms with E-state index in [9.17, 15) is 4.21 Å². The van der Waals surface area contributed by atoms with Crippen LogP contribution in [0.15, 0.2) is 5.38 Å². The van der Waals surface area contributed by atoms with Gasteiger partial charge in [0.2, 0.25) is 0 Å². The Morgan fingerprint density at radius 3 is 2.26 bits per heavy atom. The van der Waals surface area contributed by atoms with Crippen LogP contribution in [0.25, 0.3) is 0 Å². The molecule has 1 aromatic rings. The van der Waals surface area contributed by atoms with E-state index in [0.717, 1.165) is 10.7 Å². The van der Waals surface area contributed by atoms with Crippen LogP contribution in [0.2, 0.25) is 18.1 Å². The molecule has 4 nitrogen and oxygen atoms in total. The van der Waals surface area contributed by atoms with Crippen molar-refractivity contribution in [1.82, 2.24) is 9.71 Å². The van der Waals surface area contributed by atoms with Crippen molar-refractivity contribution in [2.75, 3.05) is 6.61 Å². The van der Waals surface area contributed by atoms with Gasteiger partial charge in [-0.1, -0.05) is 20.8 Å². The maximum atomic E-state index is 12.5. The van der Waals surface area contributed by atoms with Crippen molar-refractivity contribution < 1.29 is 8.63 Å². The third-order valence-electron chi connectivity index (χ3n) is 4.16. The van der Waals surface area contributed by atoms with Crippen LogP contribution in [-0.2, 0) is 15.4 Å². The predicted molar refractivity (Wildman–Crippen MR) is 104 cm³/mol. The van der Waals surface area contributed by atoms with Crippen molar-refractivity contribution >= 4 is 30.6 Å². The van der Waals surface area contributed by atoms with Gasteiger partial charge in [-0.05, 0) is 45.8 Å². The summed E-state index contributed by atoms with van der Waals surface area (Å²) in [6.07, 6.45) is 0. The van der Waals surface area contributed by atoms with Gasteiger partial charge in [0.25, 0.3) is 0 Å². The second-order valence-electron chi connectivity index (χ2n) is 8.45. The lowest BCUT2D eigenvalue weighted by molar-refractivity contribution is 0.257. The van der Waals surface area contributed by atoms with Crippen LogP contribution in [-0.4, -0.2) is 28.9 Å². The molecule has 0 bridgehead atoms. The summed E-state index contributed by atoms with van der Waals surface area (Å²) in [6, 6.07) is -0.136. The molecule has 1 rings (SSSR count). The van der Waals surface area contributed by atoms with Crippen LogP contribution in [0.4, 0.5) is 0 Å². The molecule has 0 aliphatic heterocycles. The SMILES string of the molecule is Cc1csc([C@H](CO[Si](C)(C)C(C)(C)C)NS(=O)C(C)(C)C)n1. The third-order valence-corrected chi connectivity index (χ3v) is 11.3. The molecule has 0 amide bonds. The molecule has 0 saturated carbocycles. The van der Waals surface area contributed by atoms with Gasteiger partial charge in [-0.25, -0.2) is 13.9 Å². The first kappa shape index (κ1) is 21.0. The average Bonchev–Trinajstić information content (AvgIpc) is 2.78. The molecule has 0 radical (unpaired) electrons. The second-order valence-corrected chi connectivity index (χ2v) is 16.1. The number of aromatic nitrogens is 1. The van der Waals surface area contributed by atoms with Crippen molar-refractivity contribution in [3.8, 4) is 0 Å². The molecule has 0 aliphatic rings. The average molecular weight is 377 g/mol. The Labute approximate surface area is 149 Å². The highest BCUT2D eigenvalue weighted by Crippen LogP contribution is 2.37. The molecule has 7 heteroatoms. The molecule has 0 aromatic carbocycles. The maximum absolute atomic E-state index is 12.5. The zero-order valence-electron chi connectivity index (χ0n) is 15.9. The Morgan fingerprint density at radius 2 is 1.87 bits per heavy atom. The number of nitrogens with one attached hydrogen (secondary N) is 1. The van der Waals surface area contributed by atoms with Crippen molar-refractivity contribution in [2.24, 2.45) is 0 Å². The summed E-state index contributed by atoms with van der Waals surface area (Å²) in [7, 11) is -3.01. The van der Waals surface area contributed by atoms with Gasteiger partial charge in [0.15, 0.2) is 8.32 Å². The largest absolute Gasteiger partial charge is 0.415 e. The first-order valence-corrected chi connectivity index (χ1v) is 12.9. The van der Waals surface area contributed by atoms with Gasteiger partial charge in [-0.3, -0.25) is 0 Å². The molecule has 1 aromatic heterocycles. The van der Waals surface area contributed by atoms with Gasteiger partial charge in [0, 0.05) is 11.1 Å². The van der Waals surface area contributed by atoms with Crippen molar-refractivity contribution in [2.45, 2.75) is 77.4 Å². The number of hydrogen-bond donors (Lipinski definition) is 1. The minimum atomic E-state index is -1.85. The Balaban J connectivity index is 2.91. The Bertz CT molecular complexity index is 545. The Hall–Kier alpha value is -0.0831.